The molecule has 2 nitrogen and oxygen atoms in total. The minimum Gasteiger partial charge on any atom is -0.427 e. The molecule has 4 unspecified atom stereocenters. The molecule has 2 aromatic carbocycles. The Bertz CT molecular complexity index is 1170. The Hall–Kier alpha value is -2.22. The van der Waals surface area contributed by atoms with E-state index in [9.17, 15) is 22.0 Å². The van der Waals surface area contributed by atoms with E-state index in [-0.39, 0.29) is 0 Å². The third-order valence-electron chi connectivity index (χ3n) is 7.64. The molecule has 182 valence electrons. The fourth-order valence-corrected chi connectivity index (χ4v) is 6.69. The van der Waals surface area contributed by atoms with Crippen LogP contribution in [0.25, 0.3) is 10.2 Å². The number of alkyl halides is 2. The Labute approximate surface area is 199 Å². The highest BCUT2D eigenvalue weighted by molar-refractivity contribution is 7.18. The van der Waals surface area contributed by atoms with Gasteiger partial charge in [-0.1, -0.05) is 25.8 Å². The Morgan fingerprint density at radius 2 is 1.68 bits per heavy atom. The van der Waals surface area contributed by atoms with Gasteiger partial charge in [0.2, 0.25) is 5.01 Å². The summed E-state index contributed by atoms with van der Waals surface area (Å²) in [7, 11) is 0. The van der Waals surface area contributed by atoms with Crippen molar-refractivity contribution < 1.29 is 26.7 Å². The van der Waals surface area contributed by atoms with Crippen molar-refractivity contribution in [3.05, 3.63) is 58.4 Å². The Morgan fingerprint density at radius 3 is 2.41 bits per heavy atom. The molecule has 0 aliphatic heterocycles. The average molecular weight is 496 g/mol. The fraction of sp³-hybridized carbons (Fsp3) is 0.500. The molecule has 2 aliphatic rings. The number of nitrogens with zero attached hydrogens (tertiary/aromatic N) is 1. The molecule has 1 heterocycles. The molecule has 5 rings (SSSR count). The van der Waals surface area contributed by atoms with E-state index in [1.165, 1.54) is 32.1 Å². The highest BCUT2D eigenvalue weighted by Gasteiger charge is 2.40. The molecule has 8 heteroatoms. The van der Waals surface area contributed by atoms with Crippen LogP contribution < -0.4 is 4.74 Å². The van der Waals surface area contributed by atoms with Gasteiger partial charge in [0, 0.05) is 12.1 Å². The summed E-state index contributed by atoms with van der Waals surface area (Å²) >= 11 is 0.792. The number of fused-ring (bicyclic) bond motifs is 2. The maximum absolute atomic E-state index is 14.7. The number of hydrogen-bond donors (Lipinski definition) is 0. The smallest absolute Gasteiger partial charge is 0.427 e. The summed E-state index contributed by atoms with van der Waals surface area (Å²) < 4.78 is 74.5. The van der Waals surface area contributed by atoms with Gasteiger partial charge in [-0.3, -0.25) is 0 Å². The molecule has 3 aromatic rings. The summed E-state index contributed by atoms with van der Waals surface area (Å²) in [6, 6.07) is 6.44. The zero-order valence-electron chi connectivity index (χ0n) is 18.8. The molecule has 2 aliphatic carbocycles. The number of ether oxygens (including phenoxy) is 1. The lowest BCUT2D eigenvalue weighted by Gasteiger charge is -2.42. The minimum absolute atomic E-state index is 0.391. The van der Waals surface area contributed by atoms with Crippen LogP contribution in [0.3, 0.4) is 0 Å². The van der Waals surface area contributed by atoms with Crippen LogP contribution in [-0.2, 0) is 6.11 Å². The number of aromatic nitrogens is 1. The second-order valence-electron chi connectivity index (χ2n) is 9.68. The number of rotatable bonds is 5. The van der Waals surface area contributed by atoms with E-state index in [1.54, 1.807) is 6.07 Å². The second-order valence-corrected chi connectivity index (χ2v) is 10.7. The number of halogens is 5. The first kappa shape index (κ1) is 23.5. The molecule has 1 aromatic heterocycles. The van der Waals surface area contributed by atoms with Crippen molar-refractivity contribution in [2.45, 2.75) is 63.9 Å². The van der Waals surface area contributed by atoms with Gasteiger partial charge in [0.05, 0.1) is 10.2 Å². The number of thiazole rings is 1. The summed E-state index contributed by atoms with van der Waals surface area (Å²) in [6.07, 6.45) is 4.72. The summed E-state index contributed by atoms with van der Waals surface area (Å²) in [5.41, 5.74) is 1.56. The quantitative estimate of drug-likeness (QED) is 0.261. The van der Waals surface area contributed by atoms with Gasteiger partial charge in [-0.15, -0.1) is 11.3 Å². The molecule has 0 radical (unpaired) electrons. The molecule has 0 bridgehead atoms. The first-order chi connectivity index (χ1) is 16.2. The van der Waals surface area contributed by atoms with Crippen molar-refractivity contribution in [2.75, 3.05) is 0 Å². The van der Waals surface area contributed by atoms with Gasteiger partial charge >= 0.3 is 6.11 Å². The van der Waals surface area contributed by atoms with Crippen molar-refractivity contribution in [2.24, 2.45) is 17.8 Å². The zero-order valence-corrected chi connectivity index (χ0v) is 19.6. The maximum Gasteiger partial charge on any atom is 0.454 e. The van der Waals surface area contributed by atoms with Crippen LogP contribution in [0, 0.1) is 35.2 Å². The minimum atomic E-state index is -3.92. The Morgan fingerprint density at radius 1 is 0.971 bits per heavy atom. The van der Waals surface area contributed by atoms with Gasteiger partial charge in [0.25, 0.3) is 0 Å². The van der Waals surface area contributed by atoms with E-state index in [0.717, 1.165) is 47.5 Å². The van der Waals surface area contributed by atoms with E-state index in [2.05, 4.69) is 16.6 Å². The highest BCUT2D eigenvalue weighted by atomic mass is 32.1. The van der Waals surface area contributed by atoms with Crippen LogP contribution in [-0.4, -0.2) is 4.98 Å². The summed E-state index contributed by atoms with van der Waals surface area (Å²) in [5, 5.41) is -0.619. The van der Waals surface area contributed by atoms with Crippen LogP contribution in [0.15, 0.2) is 30.3 Å². The van der Waals surface area contributed by atoms with Gasteiger partial charge in [0.15, 0.2) is 17.5 Å². The lowest BCUT2D eigenvalue weighted by molar-refractivity contribution is -0.185. The highest BCUT2D eigenvalue weighted by Crippen LogP contribution is 2.48. The van der Waals surface area contributed by atoms with Crippen molar-refractivity contribution in [1.82, 2.24) is 4.98 Å². The van der Waals surface area contributed by atoms with Gasteiger partial charge < -0.3 is 4.74 Å². The summed E-state index contributed by atoms with van der Waals surface area (Å²) in [5.74, 6) is -2.93. The third-order valence-corrected chi connectivity index (χ3v) is 8.70. The van der Waals surface area contributed by atoms with Crippen molar-refractivity contribution >= 4 is 21.6 Å². The van der Waals surface area contributed by atoms with Gasteiger partial charge in [-0.25, -0.2) is 18.2 Å². The van der Waals surface area contributed by atoms with Gasteiger partial charge in [-0.05, 0) is 73.5 Å². The number of benzene rings is 2. The van der Waals surface area contributed by atoms with Crippen molar-refractivity contribution in [1.29, 1.82) is 0 Å². The van der Waals surface area contributed by atoms with Crippen LogP contribution in [0.5, 0.6) is 5.75 Å². The second kappa shape index (κ2) is 9.10. The molecule has 0 saturated heterocycles. The largest absolute Gasteiger partial charge is 0.454 e. The van der Waals surface area contributed by atoms with E-state index in [1.807, 2.05) is 12.1 Å². The molecule has 2 saturated carbocycles. The first-order valence-electron chi connectivity index (χ1n) is 11.9. The normalized spacial score (nSPS) is 25.4. The third kappa shape index (κ3) is 4.53. The first-order valence-corrected chi connectivity index (χ1v) is 12.7. The van der Waals surface area contributed by atoms with Crippen LogP contribution in [0.4, 0.5) is 22.0 Å². The van der Waals surface area contributed by atoms with E-state index < -0.39 is 34.3 Å². The van der Waals surface area contributed by atoms with Crippen LogP contribution >= 0.6 is 11.3 Å². The van der Waals surface area contributed by atoms with E-state index in [4.69, 9.17) is 0 Å². The van der Waals surface area contributed by atoms with Crippen molar-refractivity contribution in [3.8, 4) is 5.75 Å². The lowest BCUT2D eigenvalue weighted by atomic mass is 9.63. The fourth-order valence-electron chi connectivity index (χ4n) is 5.76. The van der Waals surface area contributed by atoms with Gasteiger partial charge in [0.1, 0.15) is 5.75 Å². The Kier molecular flexibility index (Phi) is 6.29. The van der Waals surface area contributed by atoms with Crippen LogP contribution in [0.1, 0.15) is 68.4 Å². The lowest BCUT2D eigenvalue weighted by Crippen LogP contribution is -2.30. The Balaban J connectivity index is 1.34. The predicted octanol–water partition coefficient (Wildman–Crippen LogP) is 8.55. The zero-order chi connectivity index (χ0) is 24.0. The van der Waals surface area contributed by atoms with Gasteiger partial charge in [-0.2, -0.15) is 8.78 Å². The molecule has 0 N–H and O–H groups in total. The molecule has 34 heavy (non-hydrogen) atoms. The molecule has 4 atom stereocenters. The average Bonchev–Trinajstić information content (AvgIpc) is 3.26. The standard InChI is InChI=1S/C26H26F5NOS/c1-2-14-3-4-16-10-17(6-5-15(16)9-14)18-7-8-22-23(11-18)34-25(32-22)26(30,31)33-19-12-20(27)24(29)21(28)13-19/h7-8,11-17H,2-6,9-10H2,1H3. The summed E-state index contributed by atoms with van der Waals surface area (Å²) in [6.45, 7) is 2.28. The molecular formula is C26H26F5NOS. The molecule has 0 spiro atoms. The molecule has 0 amide bonds. The summed E-state index contributed by atoms with van der Waals surface area (Å²) in [4.78, 5) is 3.99. The van der Waals surface area contributed by atoms with Crippen molar-refractivity contribution in [3.63, 3.8) is 0 Å². The molecule has 2 fully saturated rings. The monoisotopic (exact) mass is 495 g/mol. The van der Waals surface area contributed by atoms with E-state index in [0.29, 0.717) is 28.3 Å². The molecular weight excluding hydrogens is 469 g/mol. The van der Waals surface area contributed by atoms with E-state index >= 15 is 0 Å². The predicted molar refractivity (Wildman–Crippen MR) is 122 cm³/mol. The van der Waals surface area contributed by atoms with Crippen LogP contribution in [0.2, 0.25) is 0 Å². The SMILES string of the molecule is CCC1CCC2CC(c3ccc4nc(C(F)(F)Oc5cc(F)c(F)c(F)c5)sc4c3)CCC2C1. The topological polar surface area (TPSA) is 22.1 Å². The number of hydrogen-bond acceptors (Lipinski definition) is 3. The maximum atomic E-state index is 14.7.